The summed E-state index contributed by atoms with van der Waals surface area (Å²) in [5, 5.41) is 14.0. The quantitative estimate of drug-likeness (QED) is 0.905. The Morgan fingerprint density at radius 1 is 1.20 bits per heavy atom. The number of sulfonamides is 1. The molecule has 0 aliphatic carbocycles. The van der Waals surface area contributed by atoms with Crippen LogP contribution in [0.5, 0.6) is 0 Å². The first-order valence-corrected chi connectivity index (χ1v) is 10.2. The van der Waals surface area contributed by atoms with Crippen molar-refractivity contribution in [1.82, 2.24) is 10.2 Å². The summed E-state index contributed by atoms with van der Waals surface area (Å²) in [6.45, 7) is 4.93. The molecular formula is C18H24N4O2S. The lowest BCUT2D eigenvalue weighted by Crippen LogP contribution is -2.39. The van der Waals surface area contributed by atoms with Gasteiger partial charge in [0.25, 0.3) is 0 Å². The Bertz CT molecular complexity index is 850. The van der Waals surface area contributed by atoms with Gasteiger partial charge in [-0.25, -0.2) is 13.6 Å². The summed E-state index contributed by atoms with van der Waals surface area (Å²) >= 11 is 0. The monoisotopic (exact) mass is 360 g/mol. The van der Waals surface area contributed by atoms with Gasteiger partial charge < -0.3 is 4.90 Å². The highest BCUT2D eigenvalue weighted by Crippen LogP contribution is 2.27. The normalized spacial score (nSPS) is 18.4. The van der Waals surface area contributed by atoms with Crippen LogP contribution in [0.15, 0.2) is 35.2 Å². The molecular weight excluding hydrogens is 336 g/mol. The van der Waals surface area contributed by atoms with Crippen molar-refractivity contribution >= 4 is 15.8 Å². The van der Waals surface area contributed by atoms with E-state index in [1.54, 1.807) is 19.1 Å². The number of nitrogens with two attached hydrogens (primary N) is 1. The Morgan fingerprint density at radius 3 is 2.64 bits per heavy atom. The van der Waals surface area contributed by atoms with Crippen molar-refractivity contribution < 1.29 is 8.42 Å². The second-order valence-electron chi connectivity index (χ2n) is 6.55. The molecule has 2 aromatic rings. The Morgan fingerprint density at radius 2 is 2.00 bits per heavy atom. The maximum absolute atomic E-state index is 11.7. The number of anilines is 1. The molecule has 1 aromatic heterocycles. The Balaban J connectivity index is 1.90. The molecule has 25 heavy (non-hydrogen) atoms. The molecule has 3 rings (SSSR count). The first-order chi connectivity index (χ1) is 11.9. The van der Waals surface area contributed by atoms with E-state index in [0.717, 1.165) is 18.8 Å². The Hall–Kier alpha value is -1.99. The zero-order valence-electron chi connectivity index (χ0n) is 14.6. The third-order valence-corrected chi connectivity index (χ3v) is 5.89. The van der Waals surface area contributed by atoms with Gasteiger partial charge in [0.1, 0.15) is 0 Å². The van der Waals surface area contributed by atoms with E-state index in [1.165, 1.54) is 19.3 Å². The van der Waals surface area contributed by atoms with Crippen molar-refractivity contribution in [3.05, 3.63) is 35.9 Å². The Kier molecular flexibility index (Phi) is 5.06. The van der Waals surface area contributed by atoms with Crippen LogP contribution in [0, 0.1) is 6.92 Å². The zero-order chi connectivity index (χ0) is 18.0. The van der Waals surface area contributed by atoms with Crippen LogP contribution in [0.4, 0.5) is 5.82 Å². The van der Waals surface area contributed by atoms with Crippen LogP contribution in [-0.4, -0.2) is 31.2 Å². The highest BCUT2D eigenvalue weighted by atomic mass is 32.2. The summed E-state index contributed by atoms with van der Waals surface area (Å²) in [5.41, 5.74) is 1.95. The molecule has 1 atom stereocenters. The predicted molar refractivity (Wildman–Crippen MR) is 98.9 cm³/mol. The SMILES string of the molecule is CC[C@@H]1CCCCN1c1ccc(-c2ccc(C)c(S(N)(=O)=O)c2)nn1. The standard InChI is InChI=1S/C18H24N4O2S/c1-3-15-6-4-5-11-22(15)18-10-9-16(20-21-18)14-8-7-13(2)17(12-14)25(19,23)24/h7-10,12,15H,3-6,11H2,1-2H3,(H2,19,23,24)/t15-/m1/s1. The number of primary sulfonamides is 1. The maximum Gasteiger partial charge on any atom is 0.238 e. The topological polar surface area (TPSA) is 89.2 Å². The highest BCUT2D eigenvalue weighted by molar-refractivity contribution is 7.89. The van der Waals surface area contributed by atoms with Gasteiger partial charge >= 0.3 is 0 Å². The van der Waals surface area contributed by atoms with E-state index in [4.69, 9.17) is 5.14 Å². The third-order valence-electron chi connectivity index (χ3n) is 4.83. The van der Waals surface area contributed by atoms with Gasteiger partial charge in [0.05, 0.1) is 10.6 Å². The van der Waals surface area contributed by atoms with Crippen molar-refractivity contribution in [2.45, 2.75) is 50.5 Å². The van der Waals surface area contributed by atoms with Gasteiger partial charge in [0.15, 0.2) is 5.82 Å². The molecule has 0 radical (unpaired) electrons. The molecule has 134 valence electrons. The predicted octanol–water partition coefficient (Wildman–Crippen LogP) is 2.87. The van der Waals surface area contributed by atoms with E-state index in [1.807, 2.05) is 18.2 Å². The molecule has 1 fully saturated rings. The number of benzene rings is 1. The van der Waals surface area contributed by atoms with Crippen LogP contribution in [-0.2, 0) is 10.0 Å². The van der Waals surface area contributed by atoms with Gasteiger partial charge in [-0.15, -0.1) is 10.2 Å². The van der Waals surface area contributed by atoms with Gasteiger partial charge in [-0.1, -0.05) is 19.1 Å². The molecule has 6 nitrogen and oxygen atoms in total. The molecule has 7 heteroatoms. The number of nitrogens with zero attached hydrogens (tertiary/aromatic N) is 3. The molecule has 0 spiro atoms. The number of aromatic nitrogens is 2. The van der Waals surface area contributed by atoms with Gasteiger partial charge in [-0.05, 0) is 56.4 Å². The molecule has 1 saturated heterocycles. The first-order valence-electron chi connectivity index (χ1n) is 8.64. The fraction of sp³-hybridized carbons (Fsp3) is 0.444. The molecule has 1 aromatic carbocycles. The van der Waals surface area contributed by atoms with Crippen LogP contribution in [0.1, 0.15) is 38.2 Å². The molecule has 0 amide bonds. The van der Waals surface area contributed by atoms with Gasteiger partial charge in [-0.3, -0.25) is 0 Å². The highest BCUT2D eigenvalue weighted by Gasteiger charge is 2.22. The average Bonchev–Trinajstić information content (AvgIpc) is 2.61. The van der Waals surface area contributed by atoms with E-state index in [0.29, 0.717) is 22.9 Å². The van der Waals surface area contributed by atoms with Crippen LogP contribution < -0.4 is 10.0 Å². The summed E-state index contributed by atoms with van der Waals surface area (Å²) in [7, 11) is -3.76. The van der Waals surface area contributed by atoms with Crippen LogP contribution in [0.25, 0.3) is 11.3 Å². The van der Waals surface area contributed by atoms with Crippen LogP contribution >= 0.6 is 0 Å². The maximum atomic E-state index is 11.7. The van der Waals surface area contributed by atoms with Gasteiger partial charge in [0.2, 0.25) is 10.0 Å². The van der Waals surface area contributed by atoms with E-state index in [2.05, 4.69) is 22.0 Å². The van der Waals surface area contributed by atoms with Crippen molar-refractivity contribution in [2.75, 3.05) is 11.4 Å². The summed E-state index contributed by atoms with van der Waals surface area (Å²) in [5.74, 6) is 0.883. The number of piperidine rings is 1. The lowest BCUT2D eigenvalue weighted by molar-refractivity contribution is 0.445. The van der Waals surface area contributed by atoms with Crippen LogP contribution in [0.3, 0.4) is 0 Å². The fourth-order valence-electron chi connectivity index (χ4n) is 3.42. The minimum atomic E-state index is -3.76. The summed E-state index contributed by atoms with van der Waals surface area (Å²) in [6, 6.07) is 9.51. The molecule has 1 aliphatic rings. The van der Waals surface area contributed by atoms with Gasteiger partial charge in [-0.2, -0.15) is 0 Å². The second-order valence-corrected chi connectivity index (χ2v) is 8.08. The first kappa shape index (κ1) is 17.8. The molecule has 0 saturated carbocycles. The van der Waals surface area contributed by atoms with Crippen molar-refractivity contribution in [2.24, 2.45) is 5.14 Å². The van der Waals surface area contributed by atoms with E-state index < -0.39 is 10.0 Å². The van der Waals surface area contributed by atoms with Crippen molar-refractivity contribution in [3.63, 3.8) is 0 Å². The molecule has 0 bridgehead atoms. The average molecular weight is 360 g/mol. The lowest BCUT2D eigenvalue weighted by Gasteiger charge is -2.35. The van der Waals surface area contributed by atoms with Crippen molar-refractivity contribution in [1.29, 1.82) is 0 Å². The van der Waals surface area contributed by atoms with E-state index >= 15 is 0 Å². The zero-order valence-corrected chi connectivity index (χ0v) is 15.5. The summed E-state index contributed by atoms with van der Waals surface area (Å²) in [6.07, 6.45) is 4.73. The Labute approximate surface area is 149 Å². The number of hydrogen-bond acceptors (Lipinski definition) is 5. The lowest BCUT2D eigenvalue weighted by atomic mass is 10.00. The minimum Gasteiger partial charge on any atom is -0.352 e. The summed E-state index contributed by atoms with van der Waals surface area (Å²) < 4.78 is 23.4. The molecule has 0 unspecified atom stereocenters. The van der Waals surface area contributed by atoms with Crippen molar-refractivity contribution in [3.8, 4) is 11.3 Å². The van der Waals surface area contributed by atoms with E-state index in [9.17, 15) is 8.42 Å². The molecule has 2 heterocycles. The van der Waals surface area contributed by atoms with Gasteiger partial charge in [0, 0.05) is 18.2 Å². The number of hydrogen-bond donors (Lipinski definition) is 1. The largest absolute Gasteiger partial charge is 0.352 e. The number of rotatable bonds is 4. The van der Waals surface area contributed by atoms with E-state index in [-0.39, 0.29) is 4.90 Å². The second kappa shape index (κ2) is 7.09. The third kappa shape index (κ3) is 3.82. The number of aryl methyl sites for hydroxylation is 1. The smallest absolute Gasteiger partial charge is 0.238 e. The molecule has 1 aliphatic heterocycles. The fourth-order valence-corrected chi connectivity index (χ4v) is 4.23. The summed E-state index contributed by atoms with van der Waals surface area (Å²) in [4.78, 5) is 2.45. The molecule has 2 N–H and O–H groups in total. The van der Waals surface area contributed by atoms with Crippen LogP contribution in [0.2, 0.25) is 0 Å². The minimum absolute atomic E-state index is 0.123.